The summed E-state index contributed by atoms with van der Waals surface area (Å²) in [5, 5.41) is 3.33. The quantitative estimate of drug-likeness (QED) is 0.769. The molecule has 1 aliphatic carbocycles. The van der Waals surface area contributed by atoms with Crippen molar-refractivity contribution in [2.45, 2.75) is 19.8 Å². The van der Waals surface area contributed by atoms with Crippen molar-refractivity contribution in [3.63, 3.8) is 0 Å². The third-order valence-electron chi connectivity index (χ3n) is 2.83. The number of nitrogens with one attached hydrogen (secondary N) is 1. The van der Waals surface area contributed by atoms with E-state index >= 15 is 0 Å². The van der Waals surface area contributed by atoms with Crippen molar-refractivity contribution in [3.8, 4) is 0 Å². The largest absolute Gasteiger partial charge is 0.397 e. The second-order valence-electron chi connectivity index (χ2n) is 4.30. The molecule has 0 aliphatic heterocycles. The standard InChI is InChI=1S/C11H17N3/c1-8-4-9(5-8)6-13-11-3-2-10(12)7-14-11/h2-3,7-9H,4-6,12H2,1H3,(H,13,14). The first kappa shape index (κ1) is 9.31. The lowest BCUT2D eigenvalue weighted by Crippen LogP contribution is -2.27. The zero-order chi connectivity index (χ0) is 9.97. The van der Waals surface area contributed by atoms with Crippen LogP contribution in [0.3, 0.4) is 0 Å². The predicted molar refractivity (Wildman–Crippen MR) is 59.0 cm³/mol. The summed E-state index contributed by atoms with van der Waals surface area (Å²) in [5.41, 5.74) is 6.26. The van der Waals surface area contributed by atoms with Crippen LogP contribution in [0.15, 0.2) is 18.3 Å². The lowest BCUT2D eigenvalue weighted by molar-refractivity contribution is 0.225. The maximum atomic E-state index is 5.55. The summed E-state index contributed by atoms with van der Waals surface area (Å²) in [6.45, 7) is 3.35. The van der Waals surface area contributed by atoms with Crippen molar-refractivity contribution < 1.29 is 0 Å². The molecule has 0 amide bonds. The van der Waals surface area contributed by atoms with Crippen LogP contribution in [0.1, 0.15) is 19.8 Å². The summed E-state index contributed by atoms with van der Waals surface area (Å²) in [4.78, 5) is 4.19. The van der Waals surface area contributed by atoms with Gasteiger partial charge in [-0.3, -0.25) is 0 Å². The van der Waals surface area contributed by atoms with E-state index in [9.17, 15) is 0 Å². The van der Waals surface area contributed by atoms with Gasteiger partial charge < -0.3 is 11.1 Å². The Balaban J connectivity index is 1.78. The van der Waals surface area contributed by atoms with E-state index in [0.29, 0.717) is 5.69 Å². The normalized spacial score (nSPS) is 25.5. The number of anilines is 2. The first-order valence-corrected chi connectivity index (χ1v) is 5.19. The zero-order valence-electron chi connectivity index (χ0n) is 8.53. The topological polar surface area (TPSA) is 50.9 Å². The molecule has 1 aliphatic rings. The fraction of sp³-hybridized carbons (Fsp3) is 0.545. The molecule has 0 bridgehead atoms. The van der Waals surface area contributed by atoms with E-state index in [-0.39, 0.29) is 0 Å². The van der Waals surface area contributed by atoms with Gasteiger partial charge in [-0.1, -0.05) is 6.92 Å². The number of aromatic nitrogens is 1. The monoisotopic (exact) mass is 191 g/mol. The minimum absolute atomic E-state index is 0.716. The summed E-state index contributed by atoms with van der Waals surface area (Å²) in [7, 11) is 0. The Morgan fingerprint density at radius 2 is 2.29 bits per heavy atom. The minimum Gasteiger partial charge on any atom is -0.397 e. The van der Waals surface area contributed by atoms with Gasteiger partial charge in [0.25, 0.3) is 0 Å². The van der Waals surface area contributed by atoms with E-state index in [1.807, 2.05) is 12.1 Å². The molecule has 1 saturated carbocycles. The maximum Gasteiger partial charge on any atom is 0.126 e. The molecule has 1 aromatic heterocycles. The second-order valence-corrected chi connectivity index (χ2v) is 4.30. The average molecular weight is 191 g/mol. The number of rotatable bonds is 3. The highest BCUT2D eigenvalue weighted by Crippen LogP contribution is 2.32. The molecule has 76 valence electrons. The molecule has 0 atom stereocenters. The van der Waals surface area contributed by atoms with E-state index in [4.69, 9.17) is 5.73 Å². The van der Waals surface area contributed by atoms with Crippen LogP contribution in [-0.4, -0.2) is 11.5 Å². The summed E-state index contributed by atoms with van der Waals surface area (Å²) >= 11 is 0. The molecule has 0 spiro atoms. The van der Waals surface area contributed by atoms with Gasteiger partial charge in [-0.15, -0.1) is 0 Å². The summed E-state index contributed by atoms with van der Waals surface area (Å²) in [6.07, 6.45) is 4.38. The Bertz CT molecular complexity index is 288. The van der Waals surface area contributed by atoms with Crippen LogP contribution >= 0.6 is 0 Å². The van der Waals surface area contributed by atoms with Crippen molar-refractivity contribution in [1.29, 1.82) is 0 Å². The van der Waals surface area contributed by atoms with Gasteiger partial charge in [0.2, 0.25) is 0 Å². The number of nitrogens with zero attached hydrogens (tertiary/aromatic N) is 1. The Kier molecular flexibility index (Phi) is 2.57. The van der Waals surface area contributed by atoms with Gasteiger partial charge >= 0.3 is 0 Å². The molecule has 2 rings (SSSR count). The molecule has 3 N–H and O–H groups in total. The van der Waals surface area contributed by atoms with Gasteiger partial charge in [0.05, 0.1) is 11.9 Å². The fourth-order valence-electron chi connectivity index (χ4n) is 1.99. The minimum atomic E-state index is 0.716. The number of hydrogen-bond donors (Lipinski definition) is 2. The molecule has 1 heterocycles. The van der Waals surface area contributed by atoms with Gasteiger partial charge in [-0.05, 0) is 36.8 Å². The van der Waals surface area contributed by atoms with Crippen molar-refractivity contribution in [2.24, 2.45) is 11.8 Å². The van der Waals surface area contributed by atoms with Crippen LogP contribution in [0, 0.1) is 11.8 Å². The van der Waals surface area contributed by atoms with Crippen molar-refractivity contribution >= 4 is 11.5 Å². The van der Waals surface area contributed by atoms with Crippen LogP contribution in [0.5, 0.6) is 0 Å². The molecular weight excluding hydrogens is 174 g/mol. The molecule has 3 nitrogen and oxygen atoms in total. The van der Waals surface area contributed by atoms with Crippen LogP contribution in [-0.2, 0) is 0 Å². The lowest BCUT2D eigenvalue weighted by atomic mass is 9.76. The van der Waals surface area contributed by atoms with Gasteiger partial charge in [0.15, 0.2) is 0 Å². The highest BCUT2D eigenvalue weighted by molar-refractivity contribution is 5.43. The van der Waals surface area contributed by atoms with E-state index in [1.165, 1.54) is 12.8 Å². The number of nitrogens with two attached hydrogens (primary N) is 1. The van der Waals surface area contributed by atoms with Crippen molar-refractivity contribution in [1.82, 2.24) is 4.98 Å². The Morgan fingerprint density at radius 1 is 1.50 bits per heavy atom. The number of nitrogen functional groups attached to an aromatic ring is 1. The van der Waals surface area contributed by atoms with Crippen LogP contribution < -0.4 is 11.1 Å². The molecule has 3 heteroatoms. The molecule has 0 radical (unpaired) electrons. The fourth-order valence-corrected chi connectivity index (χ4v) is 1.99. The Hall–Kier alpha value is -1.25. The molecule has 0 unspecified atom stereocenters. The smallest absolute Gasteiger partial charge is 0.126 e. The van der Waals surface area contributed by atoms with Gasteiger partial charge in [0, 0.05) is 6.54 Å². The summed E-state index contributed by atoms with van der Waals surface area (Å²) < 4.78 is 0. The van der Waals surface area contributed by atoms with Crippen LogP contribution in [0.4, 0.5) is 11.5 Å². The van der Waals surface area contributed by atoms with E-state index < -0.39 is 0 Å². The SMILES string of the molecule is CC1CC(CNc2ccc(N)cn2)C1. The lowest BCUT2D eigenvalue weighted by Gasteiger charge is -2.32. The highest BCUT2D eigenvalue weighted by atomic mass is 15.0. The van der Waals surface area contributed by atoms with Crippen molar-refractivity contribution in [3.05, 3.63) is 18.3 Å². The summed E-state index contributed by atoms with van der Waals surface area (Å²) in [6, 6.07) is 3.80. The molecule has 1 aromatic rings. The van der Waals surface area contributed by atoms with E-state index in [2.05, 4.69) is 17.2 Å². The molecular formula is C11H17N3. The third kappa shape index (κ3) is 2.16. The maximum absolute atomic E-state index is 5.55. The van der Waals surface area contributed by atoms with Gasteiger partial charge in [-0.2, -0.15) is 0 Å². The molecule has 0 aromatic carbocycles. The Morgan fingerprint density at radius 3 is 2.86 bits per heavy atom. The first-order valence-electron chi connectivity index (χ1n) is 5.19. The average Bonchev–Trinajstić information content (AvgIpc) is 2.13. The van der Waals surface area contributed by atoms with Crippen LogP contribution in [0.2, 0.25) is 0 Å². The Labute approximate surface area is 84.7 Å². The van der Waals surface area contributed by atoms with Gasteiger partial charge in [0.1, 0.15) is 5.82 Å². The number of pyridine rings is 1. The highest BCUT2D eigenvalue weighted by Gasteiger charge is 2.24. The van der Waals surface area contributed by atoms with Gasteiger partial charge in [-0.25, -0.2) is 4.98 Å². The molecule has 0 saturated heterocycles. The zero-order valence-corrected chi connectivity index (χ0v) is 8.53. The predicted octanol–water partition coefficient (Wildman–Crippen LogP) is 2.12. The number of hydrogen-bond acceptors (Lipinski definition) is 3. The molecule has 1 fully saturated rings. The van der Waals surface area contributed by atoms with Crippen molar-refractivity contribution in [2.75, 3.05) is 17.6 Å². The van der Waals surface area contributed by atoms with E-state index in [1.54, 1.807) is 6.20 Å². The first-order chi connectivity index (χ1) is 6.74. The van der Waals surface area contributed by atoms with Crippen LogP contribution in [0.25, 0.3) is 0 Å². The van der Waals surface area contributed by atoms with E-state index in [0.717, 1.165) is 24.2 Å². The molecule has 14 heavy (non-hydrogen) atoms. The second kappa shape index (κ2) is 3.86. The third-order valence-corrected chi connectivity index (χ3v) is 2.83. The summed E-state index contributed by atoms with van der Waals surface area (Å²) in [5.74, 6) is 2.68.